The lowest BCUT2D eigenvalue weighted by Gasteiger charge is -2.29. The number of thiophene rings is 1. The Balaban J connectivity index is 1.91. The van der Waals surface area contributed by atoms with Gasteiger partial charge in [-0.25, -0.2) is 18.4 Å². The van der Waals surface area contributed by atoms with Crippen molar-refractivity contribution in [3.8, 4) is 0 Å². The van der Waals surface area contributed by atoms with E-state index >= 15 is 0 Å². The highest BCUT2D eigenvalue weighted by molar-refractivity contribution is 7.91. The predicted octanol–water partition coefficient (Wildman–Crippen LogP) is 3.97. The Labute approximate surface area is 154 Å². The normalized spacial score (nSPS) is 21.8. The van der Waals surface area contributed by atoms with Crippen LogP contribution in [0.15, 0.2) is 5.38 Å². The second-order valence-electron chi connectivity index (χ2n) is 7.62. The van der Waals surface area contributed by atoms with Gasteiger partial charge in [-0.3, -0.25) is 0 Å². The highest BCUT2D eigenvalue weighted by Gasteiger charge is 2.29. The molecule has 1 aliphatic carbocycles. The van der Waals surface area contributed by atoms with Gasteiger partial charge in [0.25, 0.3) is 0 Å². The quantitative estimate of drug-likeness (QED) is 0.848. The van der Waals surface area contributed by atoms with Gasteiger partial charge in [0.1, 0.15) is 26.3 Å². The molecule has 0 aromatic carbocycles. The lowest BCUT2D eigenvalue weighted by atomic mass is 9.94. The number of sulfone groups is 1. The molecule has 1 N–H and O–H groups in total. The van der Waals surface area contributed by atoms with Crippen molar-refractivity contribution in [1.82, 2.24) is 9.97 Å². The molecule has 3 rings (SSSR count). The van der Waals surface area contributed by atoms with Crippen molar-refractivity contribution in [3.05, 3.63) is 16.8 Å². The van der Waals surface area contributed by atoms with Crippen LogP contribution < -0.4 is 5.32 Å². The van der Waals surface area contributed by atoms with Gasteiger partial charge in [0, 0.05) is 12.3 Å². The summed E-state index contributed by atoms with van der Waals surface area (Å²) in [7, 11) is -2.99. The molecular weight excluding hydrogens is 354 g/mol. The second-order valence-corrected chi connectivity index (χ2v) is 10.8. The molecule has 1 aliphatic rings. The van der Waals surface area contributed by atoms with Crippen molar-refractivity contribution in [2.24, 2.45) is 5.92 Å². The highest BCUT2D eigenvalue weighted by Crippen LogP contribution is 2.34. The van der Waals surface area contributed by atoms with Gasteiger partial charge in [0.15, 0.2) is 0 Å². The molecule has 1 saturated carbocycles. The largest absolute Gasteiger partial charge is 0.367 e. The number of fused-ring (bicyclic) bond motifs is 1. The molecule has 2 atom stereocenters. The zero-order valence-electron chi connectivity index (χ0n) is 15.4. The third-order valence-corrected chi connectivity index (χ3v) is 7.38. The van der Waals surface area contributed by atoms with Gasteiger partial charge in [0.05, 0.1) is 10.6 Å². The number of hydrogen-bond donors (Lipinski definition) is 1. The Morgan fingerprint density at radius 1 is 1.32 bits per heavy atom. The minimum Gasteiger partial charge on any atom is -0.367 e. The van der Waals surface area contributed by atoms with E-state index in [-0.39, 0.29) is 11.3 Å². The number of anilines is 1. The number of rotatable bonds is 5. The minimum atomic E-state index is -2.99. The lowest BCUT2D eigenvalue weighted by Crippen LogP contribution is -2.34. The second kappa shape index (κ2) is 7.19. The third-order valence-electron chi connectivity index (χ3n) is 4.82. The van der Waals surface area contributed by atoms with Crippen LogP contribution in [0.1, 0.15) is 50.9 Å². The third kappa shape index (κ3) is 4.31. The van der Waals surface area contributed by atoms with E-state index < -0.39 is 9.84 Å². The molecule has 0 saturated heterocycles. The molecule has 0 aliphatic heterocycles. The van der Waals surface area contributed by atoms with Crippen LogP contribution in [0.25, 0.3) is 10.2 Å². The van der Waals surface area contributed by atoms with Crippen molar-refractivity contribution in [1.29, 1.82) is 0 Å². The molecule has 5 nitrogen and oxygen atoms in total. The first-order valence-electron chi connectivity index (χ1n) is 8.94. The highest BCUT2D eigenvalue weighted by atomic mass is 32.2. The fourth-order valence-corrected chi connectivity index (χ4v) is 5.84. The van der Waals surface area contributed by atoms with E-state index in [1.807, 2.05) is 6.92 Å². The van der Waals surface area contributed by atoms with Gasteiger partial charge >= 0.3 is 0 Å². The standard InChI is InChI=1S/C18H27N3O2S2/c1-11(2)8-13-10-24-18-16(13)17(19-12(3)20-18)21-14-6-5-7-15(9-14)25(4,22)23/h10-11,14-15H,5-9H2,1-4H3,(H,19,20,21). The summed E-state index contributed by atoms with van der Waals surface area (Å²) in [4.78, 5) is 10.3. The maximum atomic E-state index is 11.9. The van der Waals surface area contributed by atoms with Crippen molar-refractivity contribution >= 4 is 37.2 Å². The Morgan fingerprint density at radius 3 is 2.76 bits per heavy atom. The Hall–Kier alpha value is -1.21. The van der Waals surface area contributed by atoms with E-state index in [2.05, 4.69) is 34.5 Å². The monoisotopic (exact) mass is 381 g/mol. The molecule has 0 radical (unpaired) electrons. The summed E-state index contributed by atoms with van der Waals surface area (Å²) >= 11 is 1.66. The van der Waals surface area contributed by atoms with Crippen LogP contribution in [0.2, 0.25) is 0 Å². The Bertz CT molecular complexity index is 859. The summed E-state index contributed by atoms with van der Waals surface area (Å²) in [5.41, 5.74) is 1.29. The number of nitrogens with zero attached hydrogens (tertiary/aromatic N) is 2. The number of nitrogens with one attached hydrogen (secondary N) is 1. The molecule has 2 heterocycles. The first-order valence-corrected chi connectivity index (χ1v) is 11.8. The maximum Gasteiger partial charge on any atom is 0.150 e. The van der Waals surface area contributed by atoms with Gasteiger partial charge in [-0.1, -0.05) is 20.3 Å². The van der Waals surface area contributed by atoms with Crippen molar-refractivity contribution in [3.63, 3.8) is 0 Å². The van der Waals surface area contributed by atoms with E-state index in [4.69, 9.17) is 0 Å². The predicted molar refractivity (Wildman–Crippen MR) is 105 cm³/mol. The fraction of sp³-hybridized carbons (Fsp3) is 0.667. The lowest BCUT2D eigenvalue weighted by molar-refractivity contribution is 0.452. The molecule has 7 heteroatoms. The molecule has 1 fully saturated rings. The molecule has 2 aromatic heterocycles. The maximum absolute atomic E-state index is 11.9. The first kappa shape index (κ1) is 18.6. The van der Waals surface area contributed by atoms with E-state index in [1.54, 1.807) is 11.3 Å². The van der Waals surface area contributed by atoms with Crippen LogP contribution >= 0.6 is 11.3 Å². The van der Waals surface area contributed by atoms with E-state index in [9.17, 15) is 8.42 Å². The molecule has 25 heavy (non-hydrogen) atoms. The molecule has 0 spiro atoms. The van der Waals surface area contributed by atoms with Crippen LogP contribution in [-0.2, 0) is 16.3 Å². The molecular formula is C18H27N3O2S2. The van der Waals surface area contributed by atoms with Crippen LogP contribution in [0.4, 0.5) is 5.82 Å². The van der Waals surface area contributed by atoms with Crippen molar-refractivity contribution in [2.75, 3.05) is 11.6 Å². The van der Waals surface area contributed by atoms with Crippen LogP contribution in [0, 0.1) is 12.8 Å². The molecule has 138 valence electrons. The van der Waals surface area contributed by atoms with E-state index in [1.165, 1.54) is 11.8 Å². The van der Waals surface area contributed by atoms with Crippen LogP contribution in [0.3, 0.4) is 0 Å². The average molecular weight is 382 g/mol. The van der Waals surface area contributed by atoms with Gasteiger partial charge in [0.2, 0.25) is 0 Å². The minimum absolute atomic E-state index is 0.151. The molecule has 2 unspecified atom stereocenters. The van der Waals surface area contributed by atoms with Crippen molar-refractivity contribution < 1.29 is 8.42 Å². The van der Waals surface area contributed by atoms with E-state index in [0.717, 1.165) is 47.5 Å². The van der Waals surface area contributed by atoms with Gasteiger partial charge in [-0.2, -0.15) is 0 Å². The summed E-state index contributed by atoms with van der Waals surface area (Å²) in [6, 6.07) is 0.151. The number of hydrogen-bond acceptors (Lipinski definition) is 6. The summed E-state index contributed by atoms with van der Waals surface area (Å²) < 4.78 is 23.9. The topological polar surface area (TPSA) is 72.0 Å². The smallest absolute Gasteiger partial charge is 0.150 e. The summed E-state index contributed by atoms with van der Waals surface area (Å²) in [6.45, 7) is 6.33. The zero-order valence-corrected chi connectivity index (χ0v) is 17.0. The van der Waals surface area contributed by atoms with Crippen LogP contribution in [0.5, 0.6) is 0 Å². The van der Waals surface area contributed by atoms with Gasteiger partial charge in [-0.15, -0.1) is 11.3 Å². The number of aryl methyl sites for hydroxylation is 1. The zero-order chi connectivity index (χ0) is 18.2. The van der Waals surface area contributed by atoms with Gasteiger partial charge in [-0.05, 0) is 49.5 Å². The Kier molecular flexibility index (Phi) is 5.34. The SMILES string of the molecule is Cc1nc(NC2CCCC(S(C)(=O)=O)C2)c2c(CC(C)C)csc2n1. The number of aromatic nitrogens is 2. The van der Waals surface area contributed by atoms with Crippen molar-refractivity contribution in [2.45, 2.75) is 64.2 Å². The fourth-order valence-electron chi connectivity index (χ4n) is 3.66. The summed E-state index contributed by atoms with van der Waals surface area (Å²) in [5.74, 6) is 2.19. The van der Waals surface area contributed by atoms with Crippen LogP contribution in [-0.4, -0.2) is 35.9 Å². The molecule has 0 bridgehead atoms. The molecule has 2 aromatic rings. The summed E-state index contributed by atoms with van der Waals surface area (Å²) in [5, 5.41) is 6.62. The Morgan fingerprint density at radius 2 is 2.08 bits per heavy atom. The summed E-state index contributed by atoms with van der Waals surface area (Å²) in [6.07, 6.45) is 5.70. The van der Waals surface area contributed by atoms with E-state index in [0.29, 0.717) is 12.3 Å². The average Bonchev–Trinajstić information content (AvgIpc) is 2.88. The molecule has 0 amide bonds. The van der Waals surface area contributed by atoms with Gasteiger partial charge < -0.3 is 5.32 Å². The first-order chi connectivity index (χ1) is 11.7.